The van der Waals surface area contributed by atoms with E-state index in [9.17, 15) is 8.42 Å². The first-order chi connectivity index (χ1) is 22.0. The Hall–Kier alpha value is -1.04. The van der Waals surface area contributed by atoms with Crippen LogP contribution in [0.2, 0.25) is 36.3 Å². The van der Waals surface area contributed by atoms with E-state index in [1.165, 1.54) is 24.8 Å². The molecule has 3 fully saturated rings. The molecule has 48 heavy (non-hydrogen) atoms. The van der Waals surface area contributed by atoms with Crippen molar-refractivity contribution in [3.05, 3.63) is 53.1 Å². The molecule has 8 heteroatoms. The predicted octanol–water partition coefficient (Wildman–Crippen LogP) is 11.4. The molecule has 272 valence electrons. The SMILES string of the molecule is Cc1ccc(S(=O)(=O)OC[C@@H](C)[C@H]2CC[C@H]3/C(=C/C=C4C[C@@H](O[Si](C)(C)C(C)(C)C)C[C@H](O[Si](C)(C)C(C)(C)C)C4)CCC[C@]23C)cc1. The van der Waals surface area contributed by atoms with Gasteiger partial charge in [0.2, 0.25) is 0 Å². The summed E-state index contributed by atoms with van der Waals surface area (Å²) in [5.74, 6) is 1.13. The second-order valence-electron chi connectivity index (χ2n) is 18.8. The summed E-state index contributed by atoms with van der Waals surface area (Å²) in [6, 6.07) is 6.93. The van der Waals surface area contributed by atoms with Crippen LogP contribution in [-0.2, 0) is 23.2 Å². The highest BCUT2D eigenvalue weighted by Gasteiger charge is 2.51. The zero-order valence-corrected chi connectivity index (χ0v) is 35.5. The van der Waals surface area contributed by atoms with E-state index in [1.54, 1.807) is 17.7 Å². The van der Waals surface area contributed by atoms with Gasteiger partial charge < -0.3 is 8.85 Å². The fourth-order valence-electron chi connectivity index (χ4n) is 8.16. The van der Waals surface area contributed by atoms with Crippen LogP contribution in [0.1, 0.15) is 112 Å². The lowest BCUT2D eigenvalue weighted by molar-refractivity contribution is 0.0724. The van der Waals surface area contributed by atoms with Gasteiger partial charge in [0.25, 0.3) is 10.1 Å². The van der Waals surface area contributed by atoms with Crippen molar-refractivity contribution in [2.45, 2.75) is 167 Å². The maximum Gasteiger partial charge on any atom is 0.296 e. The van der Waals surface area contributed by atoms with Gasteiger partial charge in [-0.05, 0) is 130 Å². The molecule has 1 aromatic rings. The molecule has 1 aromatic carbocycles. The van der Waals surface area contributed by atoms with Crippen LogP contribution < -0.4 is 0 Å². The number of allylic oxidation sites excluding steroid dienone is 3. The molecule has 0 heterocycles. The average molecular weight is 717 g/mol. The first-order valence-corrected chi connectivity index (χ1v) is 25.9. The van der Waals surface area contributed by atoms with Crippen molar-refractivity contribution in [1.29, 1.82) is 0 Å². The van der Waals surface area contributed by atoms with Gasteiger partial charge in [0, 0.05) is 0 Å². The molecule has 0 spiro atoms. The molecule has 0 amide bonds. The lowest BCUT2D eigenvalue weighted by Gasteiger charge is -2.45. The molecular weight excluding hydrogens is 649 g/mol. The summed E-state index contributed by atoms with van der Waals surface area (Å²) in [7, 11) is -7.61. The molecule has 0 aromatic heterocycles. The van der Waals surface area contributed by atoms with Crippen LogP contribution >= 0.6 is 0 Å². The number of rotatable bonds is 10. The fourth-order valence-corrected chi connectivity index (χ4v) is 11.9. The third-order valence-corrected chi connectivity index (χ3v) is 23.5. The largest absolute Gasteiger partial charge is 0.414 e. The highest BCUT2D eigenvalue weighted by atomic mass is 32.2. The van der Waals surface area contributed by atoms with Gasteiger partial charge in [-0.25, -0.2) is 0 Å². The molecule has 0 unspecified atom stereocenters. The molecule has 3 saturated carbocycles. The fraction of sp³-hybridized carbons (Fsp3) is 0.750. The van der Waals surface area contributed by atoms with Crippen molar-refractivity contribution in [2.75, 3.05) is 6.61 Å². The lowest BCUT2D eigenvalue weighted by atomic mass is 9.61. The van der Waals surface area contributed by atoms with Crippen molar-refractivity contribution in [2.24, 2.45) is 23.2 Å². The summed E-state index contributed by atoms with van der Waals surface area (Å²) in [5, 5.41) is 0.343. The van der Waals surface area contributed by atoms with E-state index in [-0.39, 0.29) is 45.1 Å². The maximum atomic E-state index is 13.0. The summed E-state index contributed by atoms with van der Waals surface area (Å²) in [4.78, 5) is 0.239. The standard InChI is InChI=1S/C40H68O5SSi2/c1-29-16-20-35(21-17-29)46(41,42)43-28-30(2)36-22-23-37-32(15-14-24-40(36,37)9)19-18-31-25-33(44-47(10,11)38(3,4)5)27-34(26-31)45-48(12,13)39(6,7)8/h16-21,30,33-34,36-37H,14-15,22-28H2,1-13H3/b32-19+/t30-,33-,34-,36-,37+,40-/m1/s1. The zero-order valence-electron chi connectivity index (χ0n) is 32.7. The van der Waals surface area contributed by atoms with Gasteiger partial charge in [-0.1, -0.05) is 96.4 Å². The Morgan fingerprint density at radius 2 is 1.44 bits per heavy atom. The minimum atomic E-state index is -3.77. The van der Waals surface area contributed by atoms with Crippen LogP contribution in [0.5, 0.6) is 0 Å². The molecule has 3 aliphatic carbocycles. The van der Waals surface area contributed by atoms with Gasteiger partial charge in [-0.2, -0.15) is 8.42 Å². The first-order valence-electron chi connectivity index (χ1n) is 18.7. The summed E-state index contributed by atoms with van der Waals surface area (Å²) in [5.41, 5.74) is 4.23. The number of hydrogen-bond acceptors (Lipinski definition) is 5. The average Bonchev–Trinajstić information content (AvgIpc) is 3.31. The topological polar surface area (TPSA) is 61.8 Å². The van der Waals surface area contributed by atoms with Gasteiger partial charge in [0.15, 0.2) is 16.6 Å². The van der Waals surface area contributed by atoms with Crippen molar-refractivity contribution in [3.8, 4) is 0 Å². The van der Waals surface area contributed by atoms with Gasteiger partial charge in [-0.3, -0.25) is 4.18 Å². The summed E-state index contributed by atoms with van der Waals surface area (Å²) >= 11 is 0. The Balaban J connectivity index is 1.51. The molecule has 6 atom stereocenters. The molecular formula is C40H68O5SSi2. The van der Waals surface area contributed by atoms with Crippen LogP contribution in [-0.4, -0.2) is 43.9 Å². The van der Waals surface area contributed by atoms with Gasteiger partial charge in [-0.15, -0.1) is 0 Å². The minimum Gasteiger partial charge on any atom is -0.414 e. The van der Waals surface area contributed by atoms with Crippen molar-refractivity contribution in [1.82, 2.24) is 0 Å². The third kappa shape index (κ3) is 9.06. The number of benzene rings is 1. The Morgan fingerprint density at radius 1 is 0.896 bits per heavy atom. The van der Waals surface area contributed by atoms with Gasteiger partial charge in [0.1, 0.15) is 0 Å². The predicted molar refractivity (Wildman–Crippen MR) is 206 cm³/mol. The Kier molecular flexibility index (Phi) is 12.0. The van der Waals surface area contributed by atoms with Gasteiger partial charge in [0.05, 0.1) is 23.7 Å². The second-order valence-corrected chi connectivity index (χ2v) is 30.0. The molecule has 4 rings (SSSR count). The summed E-state index contributed by atoms with van der Waals surface area (Å²) < 4.78 is 45.7. The van der Waals surface area contributed by atoms with E-state index in [0.717, 1.165) is 37.7 Å². The van der Waals surface area contributed by atoms with Crippen LogP contribution in [0.15, 0.2) is 52.5 Å². The van der Waals surface area contributed by atoms with Crippen molar-refractivity contribution in [3.63, 3.8) is 0 Å². The Labute approximate surface area is 297 Å². The highest BCUT2D eigenvalue weighted by molar-refractivity contribution is 7.86. The van der Waals surface area contributed by atoms with Crippen molar-refractivity contribution >= 4 is 26.8 Å². The lowest BCUT2D eigenvalue weighted by Crippen LogP contribution is -2.48. The third-order valence-electron chi connectivity index (χ3n) is 13.1. The van der Waals surface area contributed by atoms with Gasteiger partial charge >= 0.3 is 0 Å². The number of hydrogen-bond donors (Lipinski definition) is 0. The molecule has 0 bridgehead atoms. The van der Waals surface area contributed by atoms with Crippen molar-refractivity contribution < 1.29 is 21.5 Å². The van der Waals surface area contributed by atoms with E-state index in [4.69, 9.17) is 13.0 Å². The molecule has 0 aliphatic heterocycles. The normalized spacial score (nSPS) is 29.2. The van der Waals surface area contributed by atoms with E-state index in [0.29, 0.717) is 11.8 Å². The summed E-state index contributed by atoms with van der Waals surface area (Å²) in [6.45, 7) is 30.3. The van der Waals surface area contributed by atoms with E-state index < -0.39 is 26.8 Å². The number of aryl methyl sites for hydroxylation is 1. The van der Waals surface area contributed by atoms with Crippen LogP contribution in [0.25, 0.3) is 0 Å². The highest BCUT2D eigenvalue weighted by Crippen LogP contribution is 2.59. The molecule has 0 saturated heterocycles. The monoisotopic (exact) mass is 716 g/mol. The molecule has 0 N–H and O–H groups in total. The quantitative estimate of drug-likeness (QED) is 0.178. The smallest absolute Gasteiger partial charge is 0.296 e. The van der Waals surface area contributed by atoms with Crippen LogP contribution in [0.4, 0.5) is 0 Å². The minimum absolute atomic E-state index is 0.160. The molecule has 3 aliphatic rings. The van der Waals surface area contributed by atoms with E-state index in [1.807, 2.05) is 19.1 Å². The van der Waals surface area contributed by atoms with Crippen LogP contribution in [0, 0.1) is 30.1 Å². The maximum absolute atomic E-state index is 13.0. The van der Waals surface area contributed by atoms with Crippen LogP contribution in [0.3, 0.4) is 0 Å². The second kappa shape index (κ2) is 14.5. The zero-order chi connectivity index (χ0) is 35.9. The Morgan fingerprint density at radius 3 is 1.96 bits per heavy atom. The van der Waals surface area contributed by atoms with E-state index in [2.05, 4.69) is 93.7 Å². The Bertz CT molecular complexity index is 1390. The molecule has 0 radical (unpaired) electrons. The summed E-state index contributed by atoms with van der Waals surface area (Å²) in [6.07, 6.45) is 14.1. The molecule has 5 nitrogen and oxygen atoms in total. The van der Waals surface area contributed by atoms with E-state index >= 15 is 0 Å². The first kappa shape index (κ1) is 39.7. The number of fused-ring (bicyclic) bond motifs is 1.